The molecule has 0 aliphatic heterocycles. The van der Waals surface area contributed by atoms with Crippen LogP contribution in [0.15, 0.2) is 48.5 Å². The average Bonchev–Trinajstić information content (AvgIpc) is 2.56. The Morgan fingerprint density at radius 1 is 1.17 bits per heavy atom. The first kappa shape index (κ1) is 17.5. The van der Waals surface area contributed by atoms with Crippen LogP contribution in [0.2, 0.25) is 0 Å². The molecule has 2 aromatic rings. The molecule has 1 unspecified atom stereocenters. The van der Waals surface area contributed by atoms with Crippen molar-refractivity contribution in [2.24, 2.45) is 0 Å². The second-order valence-corrected chi connectivity index (χ2v) is 5.61. The first-order valence-corrected chi connectivity index (χ1v) is 7.69. The lowest BCUT2D eigenvalue weighted by atomic mass is 10.0. The van der Waals surface area contributed by atoms with Crippen molar-refractivity contribution >= 4 is 11.9 Å². The predicted octanol–water partition coefficient (Wildman–Crippen LogP) is 2.88. The molecule has 0 spiro atoms. The molecule has 0 fully saturated rings. The number of hydrogen-bond acceptors (Lipinski definition) is 3. The molecule has 0 aromatic heterocycles. The van der Waals surface area contributed by atoms with Gasteiger partial charge in [-0.15, -0.1) is 0 Å². The number of amides is 1. The number of nitrogens with one attached hydrogen (secondary N) is 1. The van der Waals surface area contributed by atoms with Crippen LogP contribution in [0.1, 0.15) is 29.2 Å². The van der Waals surface area contributed by atoms with E-state index < -0.39 is 12.0 Å². The minimum absolute atomic E-state index is 0.160. The van der Waals surface area contributed by atoms with Crippen LogP contribution in [-0.4, -0.2) is 24.1 Å². The van der Waals surface area contributed by atoms with Gasteiger partial charge in [0.05, 0.1) is 26.0 Å². The Bertz CT molecular complexity index is 713. The minimum atomic E-state index is -0.957. The van der Waals surface area contributed by atoms with Crippen molar-refractivity contribution in [2.75, 3.05) is 7.11 Å². The van der Waals surface area contributed by atoms with Crippen LogP contribution in [0.4, 0.5) is 0 Å². The van der Waals surface area contributed by atoms with Gasteiger partial charge < -0.3 is 15.2 Å². The van der Waals surface area contributed by atoms with Crippen molar-refractivity contribution in [3.05, 3.63) is 65.2 Å². The molecule has 0 saturated carbocycles. The SMILES string of the molecule is COc1cc(CC(=O)NC(CC(=O)O)c2ccccc2)ccc1C. The number of rotatable bonds is 7. The highest BCUT2D eigenvalue weighted by Crippen LogP contribution is 2.20. The number of carboxylic acid groups (broad SMARTS) is 1. The molecule has 1 atom stereocenters. The Morgan fingerprint density at radius 3 is 2.50 bits per heavy atom. The number of carbonyl (C=O) groups excluding carboxylic acids is 1. The maximum atomic E-state index is 12.3. The number of ether oxygens (including phenoxy) is 1. The third-order valence-corrected chi connectivity index (χ3v) is 3.75. The molecule has 2 N–H and O–H groups in total. The van der Waals surface area contributed by atoms with Gasteiger partial charge in [0.2, 0.25) is 5.91 Å². The van der Waals surface area contributed by atoms with E-state index in [1.54, 1.807) is 7.11 Å². The molecule has 5 heteroatoms. The van der Waals surface area contributed by atoms with Crippen molar-refractivity contribution in [2.45, 2.75) is 25.8 Å². The number of benzene rings is 2. The second kappa shape index (κ2) is 8.15. The van der Waals surface area contributed by atoms with E-state index in [-0.39, 0.29) is 18.7 Å². The Labute approximate surface area is 141 Å². The highest BCUT2D eigenvalue weighted by atomic mass is 16.5. The zero-order chi connectivity index (χ0) is 17.5. The fourth-order valence-corrected chi connectivity index (χ4v) is 2.52. The topological polar surface area (TPSA) is 75.6 Å². The third kappa shape index (κ3) is 4.84. The summed E-state index contributed by atoms with van der Waals surface area (Å²) in [5.41, 5.74) is 2.58. The molecular formula is C19H21NO4. The number of carboxylic acids is 1. The summed E-state index contributed by atoms with van der Waals surface area (Å²) in [6, 6.07) is 14.1. The maximum absolute atomic E-state index is 12.3. The van der Waals surface area contributed by atoms with E-state index in [1.807, 2.05) is 55.5 Å². The first-order valence-electron chi connectivity index (χ1n) is 7.69. The van der Waals surface area contributed by atoms with Gasteiger partial charge in [0, 0.05) is 0 Å². The van der Waals surface area contributed by atoms with Gasteiger partial charge in [0.25, 0.3) is 0 Å². The van der Waals surface area contributed by atoms with Crippen LogP contribution < -0.4 is 10.1 Å². The molecule has 5 nitrogen and oxygen atoms in total. The van der Waals surface area contributed by atoms with Gasteiger partial charge in [-0.05, 0) is 29.7 Å². The van der Waals surface area contributed by atoms with Gasteiger partial charge in [-0.2, -0.15) is 0 Å². The molecule has 0 aliphatic rings. The third-order valence-electron chi connectivity index (χ3n) is 3.75. The summed E-state index contributed by atoms with van der Waals surface area (Å²) < 4.78 is 5.26. The largest absolute Gasteiger partial charge is 0.496 e. The molecule has 126 valence electrons. The van der Waals surface area contributed by atoms with Crippen LogP contribution >= 0.6 is 0 Å². The number of hydrogen-bond donors (Lipinski definition) is 2. The Balaban J connectivity index is 2.09. The van der Waals surface area contributed by atoms with E-state index >= 15 is 0 Å². The highest BCUT2D eigenvalue weighted by molar-refractivity contribution is 5.80. The lowest BCUT2D eigenvalue weighted by Gasteiger charge is -2.17. The van der Waals surface area contributed by atoms with E-state index in [2.05, 4.69) is 5.32 Å². The van der Waals surface area contributed by atoms with Gasteiger partial charge >= 0.3 is 5.97 Å². The Hall–Kier alpha value is -2.82. The fourth-order valence-electron chi connectivity index (χ4n) is 2.52. The van der Waals surface area contributed by atoms with Crippen LogP contribution in [0.25, 0.3) is 0 Å². The van der Waals surface area contributed by atoms with Crippen molar-refractivity contribution in [1.82, 2.24) is 5.32 Å². The second-order valence-electron chi connectivity index (χ2n) is 5.61. The Morgan fingerprint density at radius 2 is 1.88 bits per heavy atom. The van der Waals surface area contributed by atoms with Gasteiger partial charge in [-0.1, -0.05) is 42.5 Å². The standard InChI is InChI=1S/C19H21NO4/c1-13-8-9-14(10-17(13)24-2)11-18(21)20-16(12-19(22)23)15-6-4-3-5-7-15/h3-10,16H,11-12H2,1-2H3,(H,20,21)(H,22,23). The number of methoxy groups -OCH3 is 1. The molecule has 0 radical (unpaired) electrons. The number of aliphatic carboxylic acids is 1. The maximum Gasteiger partial charge on any atom is 0.305 e. The summed E-state index contributed by atoms with van der Waals surface area (Å²) >= 11 is 0. The van der Waals surface area contributed by atoms with Crippen molar-refractivity contribution < 1.29 is 19.4 Å². The summed E-state index contributed by atoms with van der Waals surface area (Å²) in [6.45, 7) is 1.93. The molecule has 1 amide bonds. The molecular weight excluding hydrogens is 306 g/mol. The van der Waals surface area contributed by atoms with Gasteiger partial charge in [0.1, 0.15) is 5.75 Å². The van der Waals surface area contributed by atoms with E-state index in [4.69, 9.17) is 9.84 Å². The van der Waals surface area contributed by atoms with E-state index in [9.17, 15) is 9.59 Å². The molecule has 2 rings (SSSR count). The zero-order valence-electron chi connectivity index (χ0n) is 13.8. The quantitative estimate of drug-likeness (QED) is 0.820. The smallest absolute Gasteiger partial charge is 0.305 e. The van der Waals surface area contributed by atoms with Gasteiger partial charge in [0.15, 0.2) is 0 Å². The average molecular weight is 327 g/mol. The summed E-state index contributed by atoms with van der Waals surface area (Å²) in [4.78, 5) is 23.4. The van der Waals surface area contributed by atoms with E-state index in [0.29, 0.717) is 0 Å². The fraction of sp³-hybridized carbons (Fsp3) is 0.263. The normalized spacial score (nSPS) is 11.6. The Kier molecular flexibility index (Phi) is 5.95. The summed E-state index contributed by atoms with van der Waals surface area (Å²) in [7, 11) is 1.59. The van der Waals surface area contributed by atoms with Gasteiger partial charge in [-0.25, -0.2) is 0 Å². The minimum Gasteiger partial charge on any atom is -0.496 e. The van der Waals surface area contributed by atoms with Crippen LogP contribution in [0.5, 0.6) is 5.75 Å². The summed E-state index contributed by atoms with van der Waals surface area (Å²) in [5, 5.41) is 11.9. The van der Waals surface area contributed by atoms with Crippen LogP contribution in [-0.2, 0) is 16.0 Å². The summed E-state index contributed by atoms with van der Waals surface area (Å²) in [6.07, 6.45) is 0.00651. The van der Waals surface area contributed by atoms with Crippen molar-refractivity contribution in [3.8, 4) is 5.75 Å². The first-order chi connectivity index (χ1) is 11.5. The van der Waals surface area contributed by atoms with Crippen molar-refractivity contribution in [3.63, 3.8) is 0 Å². The number of aryl methyl sites for hydroxylation is 1. The van der Waals surface area contributed by atoms with Gasteiger partial charge in [-0.3, -0.25) is 9.59 Å². The lowest BCUT2D eigenvalue weighted by molar-refractivity contribution is -0.137. The highest BCUT2D eigenvalue weighted by Gasteiger charge is 2.18. The predicted molar refractivity (Wildman–Crippen MR) is 91.0 cm³/mol. The lowest BCUT2D eigenvalue weighted by Crippen LogP contribution is -2.31. The van der Waals surface area contributed by atoms with E-state index in [0.717, 1.165) is 22.4 Å². The molecule has 2 aromatic carbocycles. The molecule has 0 aliphatic carbocycles. The van der Waals surface area contributed by atoms with Crippen molar-refractivity contribution in [1.29, 1.82) is 0 Å². The molecule has 0 bridgehead atoms. The summed E-state index contributed by atoms with van der Waals surface area (Å²) in [5.74, 6) is -0.456. The molecule has 0 heterocycles. The van der Waals surface area contributed by atoms with Crippen LogP contribution in [0.3, 0.4) is 0 Å². The zero-order valence-corrected chi connectivity index (χ0v) is 13.8. The molecule has 0 saturated heterocycles. The molecule has 24 heavy (non-hydrogen) atoms. The monoisotopic (exact) mass is 327 g/mol. The van der Waals surface area contributed by atoms with Crippen LogP contribution in [0, 0.1) is 6.92 Å². The van der Waals surface area contributed by atoms with E-state index in [1.165, 1.54) is 0 Å². The number of carbonyl (C=O) groups is 2.